The van der Waals surface area contributed by atoms with Crippen molar-refractivity contribution < 1.29 is 14.3 Å². The summed E-state index contributed by atoms with van der Waals surface area (Å²) in [6.45, 7) is 2.41. The number of halogens is 2. The average Bonchev–Trinajstić information content (AvgIpc) is 3.02. The van der Waals surface area contributed by atoms with Crippen LogP contribution in [0.3, 0.4) is 0 Å². The predicted octanol–water partition coefficient (Wildman–Crippen LogP) is 4.09. The number of nitrogens with one attached hydrogen (secondary N) is 1. The Bertz CT molecular complexity index is 967. The zero-order chi connectivity index (χ0) is 20.8. The molecule has 154 valence electrons. The zero-order valence-electron chi connectivity index (χ0n) is 16.4. The van der Waals surface area contributed by atoms with Crippen molar-refractivity contribution in [3.05, 3.63) is 64.7 Å². The van der Waals surface area contributed by atoms with Crippen molar-refractivity contribution in [2.45, 2.75) is 45.3 Å². The fourth-order valence-corrected chi connectivity index (χ4v) is 3.52. The first-order valence-corrected chi connectivity index (χ1v) is 10.2. The van der Waals surface area contributed by atoms with E-state index in [9.17, 15) is 14.3 Å². The van der Waals surface area contributed by atoms with Gasteiger partial charge in [0.2, 0.25) is 5.91 Å². The summed E-state index contributed by atoms with van der Waals surface area (Å²) in [7, 11) is 0. The molecule has 0 radical (unpaired) electrons. The minimum absolute atomic E-state index is 0.0505. The lowest BCUT2D eigenvalue weighted by molar-refractivity contribution is -0.121. The molecule has 0 saturated heterocycles. The van der Waals surface area contributed by atoms with Crippen LogP contribution in [0.15, 0.2) is 42.5 Å². The van der Waals surface area contributed by atoms with Crippen LogP contribution in [-0.2, 0) is 17.8 Å². The van der Waals surface area contributed by atoms with E-state index in [-0.39, 0.29) is 18.3 Å². The number of carbonyl (C=O) groups excluding carboxylic acids is 1. The molecule has 1 heterocycles. The van der Waals surface area contributed by atoms with Crippen molar-refractivity contribution in [3.8, 4) is 0 Å². The Morgan fingerprint density at radius 3 is 2.83 bits per heavy atom. The first-order valence-electron chi connectivity index (χ1n) is 9.77. The lowest BCUT2D eigenvalue weighted by Crippen LogP contribution is -2.26. The molecule has 29 heavy (non-hydrogen) atoms. The second kappa shape index (κ2) is 9.85. The number of rotatable bonds is 9. The van der Waals surface area contributed by atoms with E-state index in [1.165, 1.54) is 6.07 Å². The number of aliphatic hydroxyl groups excluding tert-OH is 1. The van der Waals surface area contributed by atoms with Crippen molar-refractivity contribution in [2.24, 2.45) is 0 Å². The molecule has 5 nitrogen and oxygen atoms in total. The van der Waals surface area contributed by atoms with E-state index in [1.807, 2.05) is 28.8 Å². The monoisotopic (exact) mass is 417 g/mol. The number of amides is 1. The molecular weight excluding hydrogens is 393 g/mol. The Kier molecular flexibility index (Phi) is 7.23. The highest BCUT2D eigenvalue weighted by atomic mass is 35.5. The average molecular weight is 418 g/mol. The van der Waals surface area contributed by atoms with E-state index in [2.05, 4.69) is 10.3 Å². The summed E-state index contributed by atoms with van der Waals surface area (Å²) in [5, 5.41) is 12.5. The van der Waals surface area contributed by atoms with Crippen molar-refractivity contribution in [3.63, 3.8) is 0 Å². The van der Waals surface area contributed by atoms with E-state index in [0.29, 0.717) is 42.8 Å². The van der Waals surface area contributed by atoms with Crippen LogP contribution < -0.4 is 5.32 Å². The second-order valence-corrected chi connectivity index (χ2v) is 7.55. The first-order chi connectivity index (χ1) is 14.0. The van der Waals surface area contributed by atoms with Gasteiger partial charge in [-0.05, 0) is 44.0 Å². The Hall–Kier alpha value is -2.44. The number of imidazole rings is 1. The number of fused-ring (bicyclic) bond motifs is 1. The summed E-state index contributed by atoms with van der Waals surface area (Å²) < 4.78 is 16.3. The lowest BCUT2D eigenvalue weighted by Gasteiger charge is -2.12. The zero-order valence-corrected chi connectivity index (χ0v) is 17.1. The number of hydrogen-bond acceptors (Lipinski definition) is 3. The van der Waals surface area contributed by atoms with E-state index >= 15 is 0 Å². The van der Waals surface area contributed by atoms with Crippen molar-refractivity contribution >= 4 is 28.5 Å². The molecule has 0 aliphatic carbocycles. The van der Waals surface area contributed by atoms with Crippen LogP contribution in [0.1, 0.15) is 37.6 Å². The van der Waals surface area contributed by atoms with Crippen LogP contribution in [0.5, 0.6) is 0 Å². The van der Waals surface area contributed by atoms with Crippen molar-refractivity contribution in [2.75, 3.05) is 6.54 Å². The number of aliphatic hydroxyl groups is 1. The molecule has 0 bridgehead atoms. The van der Waals surface area contributed by atoms with Crippen molar-refractivity contribution in [1.29, 1.82) is 0 Å². The Morgan fingerprint density at radius 1 is 1.28 bits per heavy atom. The molecule has 3 rings (SSSR count). The van der Waals surface area contributed by atoms with E-state index in [1.54, 1.807) is 19.1 Å². The van der Waals surface area contributed by atoms with Gasteiger partial charge < -0.3 is 15.0 Å². The van der Waals surface area contributed by atoms with Gasteiger partial charge in [0.25, 0.3) is 0 Å². The number of hydrogen-bond donors (Lipinski definition) is 2. The van der Waals surface area contributed by atoms with Crippen molar-refractivity contribution in [1.82, 2.24) is 14.9 Å². The minimum Gasteiger partial charge on any atom is -0.393 e. The van der Waals surface area contributed by atoms with Gasteiger partial charge in [0.05, 0.1) is 23.7 Å². The summed E-state index contributed by atoms with van der Waals surface area (Å²) in [5.74, 6) is 0.355. The minimum atomic E-state index is -0.395. The van der Waals surface area contributed by atoms with Gasteiger partial charge in [-0.2, -0.15) is 0 Å². The number of nitrogens with zero attached hydrogens (tertiary/aromatic N) is 2. The van der Waals surface area contributed by atoms with Gasteiger partial charge in [-0.25, -0.2) is 9.37 Å². The van der Waals surface area contributed by atoms with Crippen LogP contribution in [0.25, 0.3) is 11.0 Å². The normalized spacial score (nSPS) is 12.3. The molecule has 2 aromatic carbocycles. The molecule has 0 saturated carbocycles. The van der Waals surface area contributed by atoms with Gasteiger partial charge in [0, 0.05) is 30.0 Å². The number of aromatic nitrogens is 2. The lowest BCUT2D eigenvalue weighted by atomic mass is 10.1. The molecule has 1 aromatic heterocycles. The van der Waals surface area contributed by atoms with Gasteiger partial charge in [-0.15, -0.1) is 0 Å². The Labute approximate surface area is 174 Å². The maximum atomic E-state index is 14.3. The van der Waals surface area contributed by atoms with E-state index < -0.39 is 6.10 Å². The predicted molar refractivity (Wildman–Crippen MR) is 112 cm³/mol. The summed E-state index contributed by atoms with van der Waals surface area (Å²) >= 11 is 6.22. The molecule has 0 unspecified atom stereocenters. The van der Waals surface area contributed by atoms with Gasteiger partial charge in [-0.3, -0.25) is 4.79 Å². The topological polar surface area (TPSA) is 67.2 Å². The molecule has 1 atom stereocenters. The van der Waals surface area contributed by atoms with Crippen LogP contribution in [0.4, 0.5) is 4.39 Å². The van der Waals surface area contributed by atoms with Crippen LogP contribution >= 0.6 is 11.6 Å². The molecule has 0 fully saturated rings. The third-order valence-corrected chi connectivity index (χ3v) is 5.16. The standard InChI is InChI=1S/C22H25ClFN3O2/c1-15(28)6-4-11-22(29)25-13-12-21-26-19-9-2-3-10-20(19)27(21)14-16-17(23)7-5-8-18(16)24/h2-3,5,7-10,15,28H,4,6,11-14H2,1H3,(H,25,29)/t15-/m1/s1. The third-order valence-electron chi connectivity index (χ3n) is 4.81. The molecule has 0 aliphatic heterocycles. The smallest absolute Gasteiger partial charge is 0.220 e. The third kappa shape index (κ3) is 5.55. The maximum absolute atomic E-state index is 14.3. The SMILES string of the molecule is C[C@@H](O)CCCC(=O)NCCc1nc2ccccc2n1Cc1c(F)cccc1Cl. The Morgan fingerprint density at radius 2 is 2.07 bits per heavy atom. The highest BCUT2D eigenvalue weighted by molar-refractivity contribution is 6.31. The molecular formula is C22H25ClFN3O2. The van der Waals surface area contributed by atoms with Gasteiger partial charge >= 0.3 is 0 Å². The molecule has 2 N–H and O–H groups in total. The first kappa shape index (κ1) is 21.3. The molecule has 0 aliphatic rings. The van der Waals surface area contributed by atoms with Crippen LogP contribution in [0, 0.1) is 5.82 Å². The van der Waals surface area contributed by atoms with Gasteiger partial charge in [0.15, 0.2) is 0 Å². The number of benzene rings is 2. The molecule has 7 heteroatoms. The van der Waals surface area contributed by atoms with Gasteiger partial charge in [0.1, 0.15) is 11.6 Å². The quantitative estimate of drug-likeness (QED) is 0.551. The summed E-state index contributed by atoms with van der Waals surface area (Å²) in [6, 6.07) is 12.3. The summed E-state index contributed by atoms with van der Waals surface area (Å²) in [5.41, 5.74) is 2.13. The van der Waals surface area contributed by atoms with E-state index in [0.717, 1.165) is 16.9 Å². The fraction of sp³-hybridized carbons (Fsp3) is 0.364. The molecule has 3 aromatic rings. The van der Waals surface area contributed by atoms with Crippen LogP contribution in [0.2, 0.25) is 5.02 Å². The largest absolute Gasteiger partial charge is 0.393 e. The second-order valence-electron chi connectivity index (χ2n) is 7.14. The van der Waals surface area contributed by atoms with Crippen LogP contribution in [-0.4, -0.2) is 33.2 Å². The van der Waals surface area contributed by atoms with E-state index in [4.69, 9.17) is 11.6 Å². The maximum Gasteiger partial charge on any atom is 0.220 e. The highest BCUT2D eigenvalue weighted by Crippen LogP contribution is 2.24. The summed E-state index contributed by atoms with van der Waals surface area (Å²) in [4.78, 5) is 16.6. The van der Waals surface area contributed by atoms with Gasteiger partial charge in [-0.1, -0.05) is 29.8 Å². The molecule has 0 spiro atoms. The number of para-hydroxylation sites is 2. The summed E-state index contributed by atoms with van der Waals surface area (Å²) in [6.07, 6.45) is 1.75. The highest BCUT2D eigenvalue weighted by Gasteiger charge is 2.15. The molecule has 1 amide bonds. The fourth-order valence-electron chi connectivity index (χ4n) is 3.29. The number of carbonyl (C=O) groups is 1. The Balaban J connectivity index is 1.73.